The quantitative estimate of drug-likeness (QED) is 0.697. The Hall–Kier alpha value is -0.640. The van der Waals surface area contributed by atoms with Crippen molar-refractivity contribution in [3.63, 3.8) is 0 Å². The summed E-state index contributed by atoms with van der Waals surface area (Å²) in [6, 6.07) is 0. The van der Waals surface area contributed by atoms with Crippen LogP contribution in [0.5, 0.6) is 0 Å². The molecule has 1 N–H and O–H groups in total. The zero-order valence-electron chi connectivity index (χ0n) is 9.23. The zero-order chi connectivity index (χ0) is 11.0. The molecule has 1 fully saturated rings. The first-order valence-electron chi connectivity index (χ1n) is 5.26. The molecule has 0 unspecified atom stereocenters. The predicted octanol–water partition coefficient (Wildman–Crippen LogP) is 1.67. The number of hydrogen-bond acceptors (Lipinski definition) is 3. The summed E-state index contributed by atoms with van der Waals surface area (Å²) in [6.07, 6.45) is 0.456. The molecule has 0 atom stereocenters. The van der Waals surface area contributed by atoms with E-state index in [4.69, 9.17) is 0 Å². The van der Waals surface area contributed by atoms with Gasteiger partial charge in [0, 0.05) is 12.8 Å². The van der Waals surface area contributed by atoms with Crippen molar-refractivity contribution in [3.8, 4) is 0 Å². The number of rotatable bonds is 2. The molecule has 1 aliphatic heterocycles. The highest BCUT2D eigenvalue weighted by atomic mass is 19.1. The van der Waals surface area contributed by atoms with Crippen LogP contribution in [0.4, 0.5) is 4.39 Å². The second-order valence-electron chi connectivity index (χ2n) is 2.94. The van der Waals surface area contributed by atoms with E-state index in [2.05, 4.69) is 10.1 Å². The molecule has 0 saturated carbocycles. The van der Waals surface area contributed by atoms with Gasteiger partial charge in [0.2, 0.25) is 5.67 Å². The number of ether oxygens (including phenoxy) is 1. The molecule has 0 aromatic carbocycles. The van der Waals surface area contributed by atoms with Crippen molar-refractivity contribution >= 4 is 5.97 Å². The Bertz CT molecular complexity index is 168. The molecule has 4 heteroatoms. The highest BCUT2D eigenvalue weighted by Crippen LogP contribution is 2.24. The van der Waals surface area contributed by atoms with Crippen molar-refractivity contribution in [2.75, 3.05) is 19.7 Å². The van der Waals surface area contributed by atoms with Crippen molar-refractivity contribution in [3.05, 3.63) is 0 Å². The van der Waals surface area contributed by atoms with Gasteiger partial charge in [0.25, 0.3) is 0 Å². The zero-order valence-corrected chi connectivity index (χ0v) is 9.23. The standard InChI is InChI=1S/C8H14FNO2.C2H6/c1-2-12-7(11)8(9)3-5-10-6-4-8;1-2/h10H,2-6H2,1H3;1-2H3. The van der Waals surface area contributed by atoms with Gasteiger partial charge in [-0.05, 0) is 20.0 Å². The molecule has 0 aromatic heterocycles. The van der Waals surface area contributed by atoms with E-state index in [1.54, 1.807) is 6.92 Å². The van der Waals surface area contributed by atoms with Gasteiger partial charge in [0.15, 0.2) is 0 Å². The normalized spacial score (nSPS) is 19.1. The van der Waals surface area contributed by atoms with Gasteiger partial charge in [0.05, 0.1) is 6.61 Å². The number of alkyl halides is 1. The Kier molecular flexibility index (Phi) is 6.45. The topological polar surface area (TPSA) is 38.3 Å². The van der Waals surface area contributed by atoms with E-state index >= 15 is 0 Å². The lowest BCUT2D eigenvalue weighted by Crippen LogP contribution is -2.45. The van der Waals surface area contributed by atoms with Gasteiger partial charge in [-0.25, -0.2) is 9.18 Å². The van der Waals surface area contributed by atoms with E-state index in [0.29, 0.717) is 13.1 Å². The molecule has 1 saturated heterocycles. The SMILES string of the molecule is CC.CCOC(=O)C1(F)CCNCC1. The molecule has 3 nitrogen and oxygen atoms in total. The van der Waals surface area contributed by atoms with Gasteiger partial charge in [-0.3, -0.25) is 0 Å². The maximum Gasteiger partial charge on any atom is 0.343 e. The van der Waals surface area contributed by atoms with E-state index in [0.717, 1.165) is 0 Å². The summed E-state index contributed by atoms with van der Waals surface area (Å²) in [6.45, 7) is 7.03. The van der Waals surface area contributed by atoms with Gasteiger partial charge >= 0.3 is 5.97 Å². The fraction of sp³-hybridized carbons (Fsp3) is 0.900. The largest absolute Gasteiger partial charge is 0.464 e. The third-order valence-corrected chi connectivity index (χ3v) is 2.04. The molecule has 0 radical (unpaired) electrons. The number of esters is 1. The monoisotopic (exact) mass is 205 g/mol. The lowest BCUT2D eigenvalue weighted by atomic mass is 9.95. The van der Waals surface area contributed by atoms with Crippen LogP contribution < -0.4 is 5.32 Å². The minimum Gasteiger partial charge on any atom is -0.464 e. The average Bonchev–Trinajstić information content (AvgIpc) is 2.22. The van der Waals surface area contributed by atoms with E-state index in [1.165, 1.54) is 0 Å². The summed E-state index contributed by atoms with van der Waals surface area (Å²) in [7, 11) is 0. The van der Waals surface area contributed by atoms with Crippen molar-refractivity contribution in [1.29, 1.82) is 0 Å². The lowest BCUT2D eigenvalue weighted by Gasteiger charge is -2.27. The van der Waals surface area contributed by atoms with Crippen LogP contribution in [0.25, 0.3) is 0 Å². The van der Waals surface area contributed by atoms with E-state index in [-0.39, 0.29) is 19.4 Å². The van der Waals surface area contributed by atoms with Gasteiger partial charge in [-0.2, -0.15) is 0 Å². The highest BCUT2D eigenvalue weighted by Gasteiger charge is 2.40. The van der Waals surface area contributed by atoms with Crippen molar-refractivity contribution in [2.45, 2.75) is 39.3 Å². The van der Waals surface area contributed by atoms with Crippen LogP contribution in [0.3, 0.4) is 0 Å². The maximum atomic E-state index is 13.6. The fourth-order valence-corrected chi connectivity index (χ4v) is 1.29. The Morgan fingerprint density at radius 1 is 1.43 bits per heavy atom. The van der Waals surface area contributed by atoms with Crippen molar-refractivity contribution in [1.82, 2.24) is 5.32 Å². The molecular weight excluding hydrogens is 185 g/mol. The van der Waals surface area contributed by atoms with Crippen molar-refractivity contribution < 1.29 is 13.9 Å². The summed E-state index contributed by atoms with van der Waals surface area (Å²) in [5.41, 5.74) is -1.73. The summed E-state index contributed by atoms with van der Waals surface area (Å²) in [5, 5.41) is 2.99. The smallest absolute Gasteiger partial charge is 0.343 e. The van der Waals surface area contributed by atoms with Crippen LogP contribution in [0.1, 0.15) is 33.6 Å². The fourth-order valence-electron chi connectivity index (χ4n) is 1.29. The van der Waals surface area contributed by atoms with Crippen LogP contribution in [-0.2, 0) is 9.53 Å². The maximum absolute atomic E-state index is 13.6. The molecule has 1 heterocycles. The third-order valence-electron chi connectivity index (χ3n) is 2.04. The van der Waals surface area contributed by atoms with E-state index < -0.39 is 11.6 Å². The van der Waals surface area contributed by atoms with Crippen LogP contribution in [0.15, 0.2) is 0 Å². The molecular formula is C10H20FNO2. The van der Waals surface area contributed by atoms with Gasteiger partial charge < -0.3 is 10.1 Å². The molecule has 14 heavy (non-hydrogen) atoms. The van der Waals surface area contributed by atoms with Crippen molar-refractivity contribution in [2.24, 2.45) is 0 Å². The summed E-state index contributed by atoms with van der Waals surface area (Å²) in [4.78, 5) is 11.1. The van der Waals surface area contributed by atoms with Crippen LogP contribution in [0.2, 0.25) is 0 Å². The number of carbonyl (C=O) groups is 1. The highest BCUT2D eigenvalue weighted by molar-refractivity contribution is 5.79. The number of halogens is 1. The number of carbonyl (C=O) groups excluding carboxylic acids is 1. The van der Waals surface area contributed by atoms with E-state index in [1.807, 2.05) is 13.8 Å². The van der Waals surface area contributed by atoms with Crippen LogP contribution in [-0.4, -0.2) is 31.3 Å². The molecule has 0 amide bonds. The first-order chi connectivity index (χ1) is 6.69. The minimum absolute atomic E-state index is 0.228. The molecule has 84 valence electrons. The minimum atomic E-state index is -1.73. The molecule has 0 bridgehead atoms. The summed E-state index contributed by atoms with van der Waals surface area (Å²) in [5.74, 6) is -0.702. The predicted molar refractivity (Wildman–Crippen MR) is 53.9 cm³/mol. The Balaban J connectivity index is 0.000000791. The number of hydrogen-bond donors (Lipinski definition) is 1. The Morgan fingerprint density at radius 3 is 2.36 bits per heavy atom. The summed E-state index contributed by atoms with van der Waals surface area (Å²) < 4.78 is 18.3. The molecule has 0 aliphatic carbocycles. The van der Waals surface area contributed by atoms with Gasteiger partial charge in [0.1, 0.15) is 0 Å². The molecule has 1 rings (SSSR count). The second-order valence-corrected chi connectivity index (χ2v) is 2.94. The number of piperidine rings is 1. The summed E-state index contributed by atoms with van der Waals surface area (Å²) >= 11 is 0. The van der Waals surface area contributed by atoms with Crippen LogP contribution >= 0.6 is 0 Å². The number of nitrogens with one attached hydrogen (secondary N) is 1. The van der Waals surface area contributed by atoms with E-state index in [9.17, 15) is 9.18 Å². The first kappa shape index (κ1) is 13.4. The lowest BCUT2D eigenvalue weighted by molar-refractivity contribution is -0.159. The Morgan fingerprint density at radius 2 is 1.93 bits per heavy atom. The molecule has 0 spiro atoms. The molecule has 1 aliphatic rings. The Labute approximate surface area is 85.0 Å². The van der Waals surface area contributed by atoms with Gasteiger partial charge in [-0.1, -0.05) is 13.8 Å². The first-order valence-corrected chi connectivity index (χ1v) is 5.26. The van der Waals surface area contributed by atoms with Crippen LogP contribution in [0, 0.1) is 0 Å². The second kappa shape index (κ2) is 6.76. The average molecular weight is 205 g/mol. The molecule has 0 aromatic rings. The third kappa shape index (κ3) is 3.62. The van der Waals surface area contributed by atoms with Gasteiger partial charge in [-0.15, -0.1) is 0 Å².